The fraction of sp³-hybridized carbons (Fsp3) is 0.500. The second-order valence-corrected chi connectivity index (χ2v) is 4.89. The van der Waals surface area contributed by atoms with Gasteiger partial charge in [0.1, 0.15) is 0 Å². The van der Waals surface area contributed by atoms with Crippen LogP contribution in [0.25, 0.3) is 0 Å². The topological polar surface area (TPSA) is 63.3 Å². The zero-order valence-corrected chi connectivity index (χ0v) is 10.7. The highest BCUT2D eigenvalue weighted by Gasteiger charge is 2.14. The normalized spacial score (nSPS) is 14.4. The van der Waals surface area contributed by atoms with Crippen molar-refractivity contribution in [3.8, 4) is 0 Å². The van der Waals surface area contributed by atoms with Crippen molar-refractivity contribution in [2.24, 2.45) is 11.7 Å². The van der Waals surface area contributed by atoms with Gasteiger partial charge in [-0.15, -0.1) is 0 Å². The Kier molecular flexibility index (Phi) is 4.70. The van der Waals surface area contributed by atoms with E-state index in [0.717, 1.165) is 5.56 Å². The van der Waals surface area contributed by atoms with E-state index in [1.165, 1.54) is 11.1 Å². The summed E-state index contributed by atoms with van der Waals surface area (Å²) in [7, 11) is 0. The molecule has 0 aromatic heterocycles. The van der Waals surface area contributed by atoms with Gasteiger partial charge in [-0.1, -0.05) is 25.1 Å². The monoisotopic (exact) mass is 235 g/mol. The van der Waals surface area contributed by atoms with Gasteiger partial charge < -0.3 is 10.8 Å². The van der Waals surface area contributed by atoms with Gasteiger partial charge in [0.15, 0.2) is 0 Å². The Morgan fingerprint density at radius 1 is 1.35 bits per heavy atom. The molecule has 0 aliphatic heterocycles. The highest BCUT2D eigenvalue weighted by Crippen LogP contribution is 2.22. The van der Waals surface area contributed by atoms with Crippen molar-refractivity contribution in [1.82, 2.24) is 0 Å². The Bertz CT molecular complexity index is 401. The summed E-state index contributed by atoms with van der Waals surface area (Å²) >= 11 is 0. The summed E-state index contributed by atoms with van der Waals surface area (Å²) in [5.74, 6) is -0.658. The van der Waals surface area contributed by atoms with E-state index in [1.807, 2.05) is 13.0 Å². The number of hydrogen-bond acceptors (Lipinski definition) is 2. The van der Waals surface area contributed by atoms with Gasteiger partial charge in [0.25, 0.3) is 0 Å². The minimum Gasteiger partial charge on any atom is -0.481 e. The second-order valence-electron chi connectivity index (χ2n) is 4.89. The van der Waals surface area contributed by atoms with Crippen LogP contribution in [0.2, 0.25) is 0 Å². The fourth-order valence-corrected chi connectivity index (χ4v) is 1.95. The molecule has 1 rings (SSSR count). The van der Waals surface area contributed by atoms with E-state index in [0.29, 0.717) is 6.42 Å². The Morgan fingerprint density at radius 3 is 2.53 bits per heavy atom. The summed E-state index contributed by atoms with van der Waals surface area (Å²) in [6.07, 6.45) is 0.882. The van der Waals surface area contributed by atoms with Gasteiger partial charge in [-0.2, -0.15) is 0 Å². The third kappa shape index (κ3) is 4.19. The largest absolute Gasteiger partial charge is 0.481 e. The van der Waals surface area contributed by atoms with Crippen LogP contribution in [0.4, 0.5) is 0 Å². The number of aliphatic carboxylic acids is 1. The molecule has 0 aliphatic carbocycles. The van der Waals surface area contributed by atoms with Gasteiger partial charge in [0.05, 0.1) is 0 Å². The molecule has 3 heteroatoms. The standard InChI is InChI=1S/C14H21NO2/c1-9(7-14(16)17)6-13(15)12-5-4-10(2)11(3)8-12/h4-5,8-9,13H,6-7,15H2,1-3H3,(H,16,17). The molecular formula is C14H21NO2. The minimum atomic E-state index is -0.759. The van der Waals surface area contributed by atoms with Crippen molar-refractivity contribution >= 4 is 5.97 Å². The van der Waals surface area contributed by atoms with Crippen molar-refractivity contribution < 1.29 is 9.90 Å². The summed E-state index contributed by atoms with van der Waals surface area (Å²) < 4.78 is 0. The van der Waals surface area contributed by atoms with Crippen molar-refractivity contribution in [2.75, 3.05) is 0 Å². The molecule has 3 N–H and O–H groups in total. The highest BCUT2D eigenvalue weighted by molar-refractivity contribution is 5.66. The molecule has 0 radical (unpaired) electrons. The van der Waals surface area contributed by atoms with Crippen LogP contribution in [0.15, 0.2) is 18.2 Å². The molecule has 0 bridgehead atoms. The first-order valence-electron chi connectivity index (χ1n) is 5.94. The zero-order valence-electron chi connectivity index (χ0n) is 10.7. The lowest BCUT2D eigenvalue weighted by molar-refractivity contribution is -0.138. The summed E-state index contributed by atoms with van der Waals surface area (Å²) in [6, 6.07) is 6.10. The Hall–Kier alpha value is -1.35. The van der Waals surface area contributed by atoms with Crippen molar-refractivity contribution in [3.05, 3.63) is 34.9 Å². The van der Waals surface area contributed by atoms with Crippen LogP contribution >= 0.6 is 0 Å². The third-order valence-corrected chi connectivity index (χ3v) is 3.14. The molecule has 1 aromatic rings. The molecule has 94 valence electrons. The second kappa shape index (κ2) is 5.82. The molecular weight excluding hydrogens is 214 g/mol. The number of rotatable bonds is 5. The number of nitrogens with two attached hydrogens (primary N) is 1. The maximum absolute atomic E-state index is 10.6. The summed E-state index contributed by atoms with van der Waals surface area (Å²) in [4.78, 5) is 10.6. The van der Waals surface area contributed by atoms with Crippen LogP contribution in [-0.4, -0.2) is 11.1 Å². The molecule has 17 heavy (non-hydrogen) atoms. The number of aryl methyl sites for hydroxylation is 2. The zero-order chi connectivity index (χ0) is 13.0. The maximum atomic E-state index is 10.6. The van der Waals surface area contributed by atoms with E-state index in [1.54, 1.807) is 0 Å². The third-order valence-electron chi connectivity index (χ3n) is 3.14. The molecule has 3 nitrogen and oxygen atoms in total. The van der Waals surface area contributed by atoms with E-state index in [9.17, 15) is 4.79 Å². The lowest BCUT2D eigenvalue weighted by Crippen LogP contribution is -2.16. The molecule has 2 unspecified atom stereocenters. The number of carboxylic acid groups (broad SMARTS) is 1. The molecule has 2 atom stereocenters. The average Bonchev–Trinajstić information content (AvgIpc) is 2.20. The van der Waals surface area contributed by atoms with Crippen LogP contribution in [0.1, 0.15) is 42.5 Å². The number of carboxylic acids is 1. The first kappa shape index (κ1) is 13.7. The van der Waals surface area contributed by atoms with Gasteiger partial charge in [-0.25, -0.2) is 0 Å². The Morgan fingerprint density at radius 2 is 2.00 bits per heavy atom. The first-order chi connectivity index (χ1) is 7.90. The lowest BCUT2D eigenvalue weighted by Gasteiger charge is -2.17. The van der Waals surface area contributed by atoms with Crippen molar-refractivity contribution in [3.63, 3.8) is 0 Å². The van der Waals surface area contributed by atoms with Gasteiger partial charge in [0, 0.05) is 12.5 Å². The van der Waals surface area contributed by atoms with E-state index in [-0.39, 0.29) is 18.4 Å². The van der Waals surface area contributed by atoms with Gasteiger partial charge in [0.2, 0.25) is 0 Å². The maximum Gasteiger partial charge on any atom is 0.303 e. The van der Waals surface area contributed by atoms with Crippen LogP contribution in [-0.2, 0) is 4.79 Å². The van der Waals surface area contributed by atoms with Crippen molar-refractivity contribution in [1.29, 1.82) is 0 Å². The molecule has 0 spiro atoms. The van der Waals surface area contributed by atoms with Gasteiger partial charge >= 0.3 is 5.97 Å². The van der Waals surface area contributed by atoms with Gasteiger partial charge in [-0.05, 0) is 42.9 Å². The van der Waals surface area contributed by atoms with E-state index >= 15 is 0 Å². The smallest absolute Gasteiger partial charge is 0.303 e. The molecule has 0 aliphatic rings. The first-order valence-corrected chi connectivity index (χ1v) is 5.94. The van der Waals surface area contributed by atoms with E-state index in [2.05, 4.69) is 26.0 Å². The molecule has 0 fully saturated rings. The Labute approximate surface area is 103 Å². The number of carbonyl (C=O) groups is 1. The summed E-state index contributed by atoms with van der Waals surface area (Å²) in [5, 5.41) is 8.71. The number of hydrogen-bond donors (Lipinski definition) is 2. The van der Waals surface area contributed by atoms with Crippen LogP contribution in [0, 0.1) is 19.8 Å². The van der Waals surface area contributed by atoms with Crippen molar-refractivity contribution in [2.45, 2.75) is 39.7 Å². The summed E-state index contributed by atoms with van der Waals surface area (Å²) in [6.45, 7) is 6.05. The van der Waals surface area contributed by atoms with E-state index in [4.69, 9.17) is 10.8 Å². The molecule has 0 amide bonds. The predicted octanol–water partition coefficient (Wildman–Crippen LogP) is 2.80. The average molecular weight is 235 g/mol. The highest BCUT2D eigenvalue weighted by atomic mass is 16.4. The number of benzene rings is 1. The molecule has 0 heterocycles. The van der Waals surface area contributed by atoms with E-state index < -0.39 is 5.97 Å². The van der Waals surface area contributed by atoms with Crippen LogP contribution in [0.5, 0.6) is 0 Å². The van der Waals surface area contributed by atoms with Gasteiger partial charge in [-0.3, -0.25) is 4.79 Å². The quantitative estimate of drug-likeness (QED) is 0.824. The SMILES string of the molecule is Cc1ccc(C(N)CC(C)CC(=O)O)cc1C. The molecule has 0 saturated carbocycles. The summed E-state index contributed by atoms with van der Waals surface area (Å²) in [5.41, 5.74) is 9.66. The Balaban J connectivity index is 2.66. The fourth-order valence-electron chi connectivity index (χ4n) is 1.95. The minimum absolute atomic E-state index is 0.0800. The lowest BCUT2D eigenvalue weighted by atomic mass is 9.93. The van der Waals surface area contributed by atoms with Crippen LogP contribution in [0.3, 0.4) is 0 Å². The predicted molar refractivity (Wildman–Crippen MR) is 68.9 cm³/mol. The molecule has 1 aromatic carbocycles. The van der Waals surface area contributed by atoms with Crippen LogP contribution < -0.4 is 5.73 Å². The molecule has 0 saturated heterocycles.